The van der Waals surface area contributed by atoms with Crippen molar-refractivity contribution in [3.05, 3.63) is 35.4 Å². The predicted octanol–water partition coefficient (Wildman–Crippen LogP) is 3.93. The fourth-order valence-electron chi connectivity index (χ4n) is 1.79. The van der Waals surface area contributed by atoms with Crippen LogP contribution in [-0.4, -0.2) is 0 Å². The Morgan fingerprint density at radius 1 is 1.29 bits per heavy atom. The first-order chi connectivity index (χ1) is 7.47. The molecule has 2 rings (SSSR count). The molecule has 0 aliphatic heterocycles. The van der Waals surface area contributed by atoms with Crippen molar-refractivity contribution in [3.8, 4) is 0 Å². The predicted molar refractivity (Wildman–Crippen MR) is 63.0 cm³/mol. The standard InChI is InChI=1S/C12H14F3N.ClH/c13-12(14,15)10-3-1-2-9(7-10)11(16)6-8-4-5-8;/h1-3,7-8,11H,4-6,16H2;1H/t11-;/m1./s1. The maximum atomic E-state index is 12.5. The lowest BCUT2D eigenvalue weighted by molar-refractivity contribution is -0.137. The Kier molecular flexibility index (Phi) is 4.44. The van der Waals surface area contributed by atoms with Crippen molar-refractivity contribution in [2.24, 2.45) is 11.7 Å². The summed E-state index contributed by atoms with van der Waals surface area (Å²) in [6, 6.07) is 5.06. The number of hydrogen-bond acceptors (Lipinski definition) is 1. The molecule has 0 radical (unpaired) electrons. The monoisotopic (exact) mass is 265 g/mol. The van der Waals surface area contributed by atoms with Gasteiger partial charge in [-0.2, -0.15) is 13.2 Å². The lowest BCUT2D eigenvalue weighted by Crippen LogP contribution is -2.13. The van der Waals surface area contributed by atoms with E-state index in [9.17, 15) is 13.2 Å². The van der Waals surface area contributed by atoms with Gasteiger partial charge in [-0.15, -0.1) is 12.4 Å². The number of rotatable bonds is 3. The van der Waals surface area contributed by atoms with E-state index >= 15 is 0 Å². The van der Waals surface area contributed by atoms with E-state index in [4.69, 9.17) is 5.73 Å². The van der Waals surface area contributed by atoms with E-state index in [0.29, 0.717) is 11.5 Å². The number of nitrogens with two attached hydrogens (primary N) is 1. The fourth-order valence-corrected chi connectivity index (χ4v) is 1.79. The molecule has 1 fully saturated rings. The van der Waals surface area contributed by atoms with Gasteiger partial charge in [-0.25, -0.2) is 0 Å². The molecule has 0 unspecified atom stereocenters. The van der Waals surface area contributed by atoms with Gasteiger partial charge in [-0.05, 0) is 30.0 Å². The highest BCUT2D eigenvalue weighted by molar-refractivity contribution is 5.85. The molecule has 0 bridgehead atoms. The van der Waals surface area contributed by atoms with E-state index in [2.05, 4.69) is 0 Å². The molecule has 1 aliphatic rings. The molecule has 1 saturated carbocycles. The van der Waals surface area contributed by atoms with Gasteiger partial charge >= 0.3 is 6.18 Å². The summed E-state index contributed by atoms with van der Waals surface area (Å²) < 4.78 is 37.4. The van der Waals surface area contributed by atoms with Crippen LogP contribution in [0.1, 0.15) is 36.4 Å². The average Bonchev–Trinajstić information content (AvgIpc) is 3.00. The molecule has 1 aromatic rings. The van der Waals surface area contributed by atoms with Crippen LogP contribution in [-0.2, 0) is 6.18 Å². The first kappa shape index (κ1) is 14.3. The minimum Gasteiger partial charge on any atom is -0.324 e. The van der Waals surface area contributed by atoms with Crippen LogP contribution in [0.5, 0.6) is 0 Å². The second-order valence-corrected chi connectivity index (χ2v) is 4.41. The summed E-state index contributed by atoms with van der Waals surface area (Å²) in [7, 11) is 0. The molecule has 0 spiro atoms. The maximum absolute atomic E-state index is 12.5. The molecule has 5 heteroatoms. The second kappa shape index (κ2) is 5.27. The van der Waals surface area contributed by atoms with E-state index in [1.54, 1.807) is 6.07 Å². The topological polar surface area (TPSA) is 26.0 Å². The molecule has 0 saturated heterocycles. The van der Waals surface area contributed by atoms with Gasteiger partial charge in [0.2, 0.25) is 0 Å². The van der Waals surface area contributed by atoms with Crippen LogP contribution in [0.25, 0.3) is 0 Å². The number of alkyl halides is 3. The molecule has 96 valence electrons. The molecule has 2 N–H and O–H groups in total. The van der Waals surface area contributed by atoms with Crippen molar-refractivity contribution in [3.63, 3.8) is 0 Å². The third-order valence-corrected chi connectivity index (χ3v) is 2.93. The van der Waals surface area contributed by atoms with Crippen molar-refractivity contribution < 1.29 is 13.2 Å². The average molecular weight is 266 g/mol. The molecular formula is C12H15ClF3N. The molecule has 1 aliphatic carbocycles. The van der Waals surface area contributed by atoms with Crippen LogP contribution >= 0.6 is 12.4 Å². The Bertz CT molecular complexity index is 374. The number of halogens is 4. The van der Waals surface area contributed by atoms with Crippen molar-refractivity contribution in [2.45, 2.75) is 31.5 Å². The van der Waals surface area contributed by atoms with Gasteiger partial charge in [0.1, 0.15) is 0 Å². The van der Waals surface area contributed by atoms with Crippen molar-refractivity contribution >= 4 is 12.4 Å². The minimum atomic E-state index is -4.28. The van der Waals surface area contributed by atoms with Crippen LogP contribution in [0.3, 0.4) is 0 Å². The Balaban J connectivity index is 0.00000144. The smallest absolute Gasteiger partial charge is 0.324 e. The molecule has 1 atom stereocenters. The van der Waals surface area contributed by atoms with Gasteiger partial charge in [0.25, 0.3) is 0 Å². The Morgan fingerprint density at radius 2 is 1.94 bits per heavy atom. The quantitative estimate of drug-likeness (QED) is 0.881. The molecule has 17 heavy (non-hydrogen) atoms. The van der Waals surface area contributed by atoms with Crippen LogP contribution < -0.4 is 5.73 Å². The van der Waals surface area contributed by atoms with Crippen LogP contribution in [0, 0.1) is 5.92 Å². The van der Waals surface area contributed by atoms with Crippen LogP contribution in [0.4, 0.5) is 13.2 Å². The summed E-state index contributed by atoms with van der Waals surface area (Å²) in [5, 5.41) is 0. The van der Waals surface area contributed by atoms with Gasteiger partial charge in [-0.1, -0.05) is 25.0 Å². The number of hydrogen-bond donors (Lipinski definition) is 1. The fraction of sp³-hybridized carbons (Fsp3) is 0.500. The summed E-state index contributed by atoms with van der Waals surface area (Å²) in [6.07, 6.45) is -1.17. The van der Waals surface area contributed by atoms with Crippen molar-refractivity contribution in [1.82, 2.24) is 0 Å². The van der Waals surface area contributed by atoms with Gasteiger partial charge < -0.3 is 5.73 Å². The zero-order chi connectivity index (χ0) is 11.8. The van der Waals surface area contributed by atoms with E-state index < -0.39 is 11.7 Å². The summed E-state index contributed by atoms with van der Waals surface area (Å²) >= 11 is 0. The summed E-state index contributed by atoms with van der Waals surface area (Å²) in [4.78, 5) is 0. The van der Waals surface area contributed by atoms with Crippen molar-refractivity contribution in [2.75, 3.05) is 0 Å². The zero-order valence-corrected chi connectivity index (χ0v) is 10.0. The van der Waals surface area contributed by atoms with Gasteiger partial charge in [0, 0.05) is 6.04 Å². The van der Waals surface area contributed by atoms with E-state index in [1.165, 1.54) is 6.07 Å². The zero-order valence-electron chi connectivity index (χ0n) is 9.20. The lowest BCUT2D eigenvalue weighted by Gasteiger charge is -2.14. The second-order valence-electron chi connectivity index (χ2n) is 4.41. The van der Waals surface area contributed by atoms with Crippen molar-refractivity contribution in [1.29, 1.82) is 0 Å². The third kappa shape index (κ3) is 3.89. The molecular weight excluding hydrogens is 251 g/mol. The molecule has 1 aromatic carbocycles. The highest BCUT2D eigenvalue weighted by Gasteiger charge is 2.31. The minimum absolute atomic E-state index is 0. The normalized spacial score (nSPS) is 17.4. The van der Waals surface area contributed by atoms with E-state index in [1.807, 2.05) is 0 Å². The molecule has 1 nitrogen and oxygen atoms in total. The Hall–Kier alpha value is -0.740. The van der Waals surface area contributed by atoms with E-state index in [-0.39, 0.29) is 18.4 Å². The Labute approximate surface area is 105 Å². The summed E-state index contributed by atoms with van der Waals surface area (Å²) in [5.41, 5.74) is 5.85. The first-order valence-corrected chi connectivity index (χ1v) is 5.39. The van der Waals surface area contributed by atoms with Crippen LogP contribution in [0.2, 0.25) is 0 Å². The number of benzene rings is 1. The van der Waals surface area contributed by atoms with E-state index in [0.717, 1.165) is 31.4 Å². The van der Waals surface area contributed by atoms with Gasteiger partial charge in [-0.3, -0.25) is 0 Å². The summed E-state index contributed by atoms with van der Waals surface area (Å²) in [6.45, 7) is 0. The largest absolute Gasteiger partial charge is 0.416 e. The van der Waals surface area contributed by atoms with Gasteiger partial charge in [0.15, 0.2) is 0 Å². The maximum Gasteiger partial charge on any atom is 0.416 e. The van der Waals surface area contributed by atoms with Gasteiger partial charge in [0.05, 0.1) is 5.56 Å². The molecule has 0 amide bonds. The first-order valence-electron chi connectivity index (χ1n) is 5.39. The lowest BCUT2D eigenvalue weighted by atomic mass is 10.00. The highest BCUT2D eigenvalue weighted by atomic mass is 35.5. The Morgan fingerprint density at radius 3 is 2.47 bits per heavy atom. The molecule has 0 aromatic heterocycles. The SMILES string of the molecule is Cl.N[C@H](CC1CC1)c1cccc(C(F)(F)F)c1. The molecule has 0 heterocycles. The highest BCUT2D eigenvalue weighted by Crippen LogP contribution is 2.37. The van der Waals surface area contributed by atoms with Crippen LogP contribution in [0.15, 0.2) is 24.3 Å². The summed E-state index contributed by atoms with van der Waals surface area (Å²) in [5.74, 6) is 0.615. The third-order valence-electron chi connectivity index (χ3n) is 2.93.